The van der Waals surface area contributed by atoms with E-state index in [1.807, 2.05) is 0 Å². The van der Waals surface area contributed by atoms with Crippen LogP contribution in [-0.2, 0) is 4.74 Å². The molecule has 0 spiro atoms. The zero-order valence-electron chi connectivity index (χ0n) is 9.29. The second-order valence-electron chi connectivity index (χ2n) is 3.13. The molecule has 8 nitrogen and oxygen atoms in total. The molecule has 98 valence electrons. The van der Waals surface area contributed by atoms with Gasteiger partial charge in [0.25, 0.3) is 0 Å². The molecular weight excluding hydrogens is 251 g/mol. The lowest BCUT2D eigenvalue weighted by Gasteiger charge is -2.06. The molecule has 0 aliphatic rings. The van der Waals surface area contributed by atoms with Gasteiger partial charge in [0.2, 0.25) is 11.6 Å². The highest BCUT2D eigenvalue weighted by atomic mass is 19.1. The number of nitro benzene ring substituents is 2. The predicted molar refractivity (Wildman–Crippen MR) is 57.1 cm³/mol. The van der Waals surface area contributed by atoms with E-state index in [4.69, 9.17) is 4.74 Å². The normalized spacial score (nSPS) is 10.1. The minimum Gasteiger partial charge on any atom is -0.484 e. The Balaban J connectivity index is 3.12. The maximum Gasteiger partial charge on any atom is 0.318 e. The molecule has 0 saturated carbocycles. The zero-order valence-corrected chi connectivity index (χ0v) is 9.29. The average molecular weight is 260 g/mol. The van der Waals surface area contributed by atoms with Gasteiger partial charge >= 0.3 is 11.4 Å². The average Bonchev–Trinajstić information content (AvgIpc) is 2.28. The van der Waals surface area contributed by atoms with Crippen LogP contribution in [0.3, 0.4) is 0 Å². The van der Waals surface area contributed by atoms with Crippen molar-refractivity contribution in [2.45, 2.75) is 0 Å². The number of hydrogen-bond donors (Lipinski definition) is 0. The molecule has 1 aromatic rings. The van der Waals surface area contributed by atoms with E-state index in [0.717, 1.165) is 0 Å². The molecule has 0 amide bonds. The SMILES string of the molecule is COCCOc1cc(F)c([N+](=O)[O-])cc1[N+](=O)[O-]. The monoisotopic (exact) mass is 260 g/mol. The first-order chi connectivity index (χ1) is 8.47. The second kappa shape index (κ2) is 5.87. The highest BCUT2D eigenvalue weighted by molar-refractivity contribution is 5.54. The molecule has 0 atom stereocenters. The smallest absolute Gasteiger partial charge is 0.318 e. The van der Waals surface area contributed by atoms with Gasteiger partial charge in [-0.15, -0.1) is 0 Å². The first kappa shape index (κ1) is 13.8. The largest absolute Gasteiger partial charge is 0.484 e. The molecule has 0 radical (unpaired) electrons. The fraction of sp³-hybridized carbons (Fsp3) is 0.333. The number of nitro groups is 2. The Morgan fingerprint density at radius 2 is 1.78 bits per heavy atom. The molecule has 9 heteroatoms. The van der Waals surface area contributed by atoms with Gasteiger partial charge in [-0.3, -0.25) is 20.2 Å². The maximum atomic E-state index is 13.3. The van der Waals surface area contributed by atoms with Crippen LogP contribution in [0.15, 0.2) is 12.1 Å². The van der Waals surface area contributed by atoms with Gasteiger partial charge in [0.15, 0.2) is 0 Å². The zero-order chi connectivity index (χ0) is 13.7. The number of hydrogen-bond acceptors (Lipinski definition) is 6. The molecule has 1 aromatic carbocycles. The molecular formula is C9H9FN2O6. The van der Waals surface area contributed by atoms with Gasteiger partial charge in [-0.2, -0.15) is 4.39 Å². The van der Waals surface area contributed by atoms with Crippen molar-refractivity contribution in [2.75, 3.05) is 20.3 Å². The third-order valence-corrected chi connectivity index (χ3v) is 1.97. The van der Waals surface area contributed by atoms with Crippen LogP contribution in [0, 0.1) is 26.0 Å². The Morgan fingerprint density at radius 1 is 1.17 bits per heavy atom. The van der Waals surface area contributed by atoms with E-state index in [-0.39, 0.29) is 19.0 Å². The Kier molecular flexibility index (Phi) is 4.49. The summed E-state index contributed by atoms with van der Waals surface area (Å²) in [5.41, 5.74) is -1.64. The molecule has 0 bridgehead atoms. The summed E-state index contributed by atoms with van der Waals surface area (Å²) < 4.78 is 22.9. The molecule has 0 aromatic heterocycles. The van der Waals surface area contributed by atoms with Crippen LogP contribution in [0.4, 0.5) is 15.8 Å². The lowest BCUT2D eigenvalue weighted by Crippen LogP contribution is -2.07. The molecule has 0 heterocycles. The van der Waals surface area contributed by atoms with Crippen LogP contribution >= 0.6 is 0 Å². The minimum absolute atomic E-state index is 0.0331. The van der Waals surface area contributed by atoms with E-state index in [0.29, 0.717) is 12.1 Å². The molecule has 0 unspecified atom stereocenters. The topological polar surface area (TPSA) is 105 Å². The third kappa shape index (κ3) is 3.10. The van der Waals surface area contributed by atoms with E-state index >= 15 is 0 Å². The Bertz CT molecular complexity index is 478. The lowest BCUT2D eigenvalue weighted by atomic mass is 10.2. The summed E-state index contributed by atoms with van der Waals surface area (Å²) in [6.07, 6.45) is 0. The standard InChI is InChI=1S/C9H9FN2O6/c1-17-2-3-18-9-4-6(10)7(11(13)14)5-8(9)12(15)16/h4-5H,2-3H2,1H3. The maximum absolute atomic E-state index is 13.3. The lowest BCUT2D eigenvalue weighted by molar-refractivity contribution is -0.396. The second-order valence-corrected chi connectivity index (χ2v) is 3.13. The van der Waals surface area contributed by atoms with E-state index in [1.165, 1.54) is 7.11 Å². The Labute approximate surface area is 100 Å². The van der Waals surface area contributed by atoms with Gasteiger partial charge in [0, 0.05) is 13.2 Å². The number of halogens is 1. The molecule has 18 heavy (non-hydrogen) atoms. The molecule has 0 fully saturated rings. The fourth-order valence-corrected chi connectivity index (χ4v) is 1.17. The predicted octanol–water partition coefficient (Wildman–Crippen LogP) is 1.67. The van der Waals surface area contributed by atoms with Crippen molar-refractivity contribution >= 4 is 11.4 Å². The Hall–Kier alpha value is -2.29. The van der Waals surface area contributed by atoms with Crippen molar-refractivity contribution in [1.29, 1.82) is 0 Å². The Morgan fingerprint density at radius 3 is 2.28 bits per heavy atom. The van der Waals surface area contributed by atoms with E-state index in [9.17, 15) is 24.6 Å². The number of ether oxygens (including phenoxy) is 2. The number of nitrogens with zero attached hydrogens (tertiary/aromatic N) is 2. The highest BCUT2D eigenvalue weighted by Crippen LogP contribution is 2.33. The molecule has 1 rings (SSSR count). The van der Waals surface area contributed by atoms with Crippen molar-refractivity contribution < 1.29 is 23.7 Å². The van der Waals surface area contributed by atoms with Crippen LogP contribution in [0.2, 0.25) is 0 Å². The summed E-state index contributed by atoms with van der Waals surface area (Å²) >= 11 is 0. The third-order valence-electron chi connectivity index (χ3n) is 1.97. The molecule has 0 aliphatic carbocycles. The molecule has 0 aliphatic heterocycles. The van der Waals surface area contributed by atoms with Gasteiger partial charge < -0.3 is 9.47 Å². The first-order valence-electron chi connectivity index (χ1n) is 4.71. The van der Waals surface area contributed by atoms with Gasteiger partial charge in [0.05, 0.1) is 16.5 Å². The number of benzene rings is 1. The summed E-state index contributed by atoms with van der Waals surface area (Å²) in [7, 11) is 1.40. The van der Waals surface area contributed by atoms with Gasteiger partial charge in [-0.25, -0.2) is 0 Å². The van der Waals surface area contributed by atoms with Crippen molar-refractivity contribution in [3.05, 3.63) is 38.2 Å². The first-order valence-corrected chi connectivity index (χ1v) is 4.71. The molecule has 0 saturated heterocycles. The van der Waals surface area contributed by atoms with Gasteiger partial charge in [-0.05, 0) is 0 Å². The van der Waals surface area contributed by atoms with Crippen LogP contribution < -0.4 is 4.74 Å². The summed E-state index contributed by atoms with van der Waals surface area (Å²) in [6.45, 7) is 0.115. The van der Waals surface area contributed by atoms with Crippen molar-refractivity contribution in [1.82, 2.24) is 0 Å². The van der Waals surface area contributed by atoms with Crippen molar-refractivity contribution in [3.8, 4) is 5.75 Å². The van der Waals surface area contributed by atoms with E-state index in [1.54, 1.807) is 0 Å². The van der Waals surface area contributed by atoms with Crippen LogP contribution in [0.25, 0.3) is 0 Å². The summed E-state index contributed by atoms with van der Waals surface area (Å²) in [4.78, 5) is 19.2. The number of methoxy groups -OCH3 is 1. The van der Waals surface area contributed by atoms with Crippen LogP contribution in [0.5, 0.6) is 5.75 Å². The quantitative estimate of drug-likeness (QED) is 0.437. The van der Waals surface area contributed by atoms with E-state index < -0.39 is 27.0 Å². The highest BCUT2D eigenvalue weighted by Gasteiger charge is 2.25. The summed E-state index contributed by atoms with van der Waals surface area (Å²) in [6, 6.07) is 1.14. The van der Waals surface area contributed by atoms with E-state index in [2.05, 4.69) is 4.74 Å². The van der Waals surface area contributed by atoms with Crippen molar-refractivity contribution in [3.63, 3.8) is 0 Å². The molecule has 0 N–H and O–H groups in total. The van der Waals surface area contributed by atoms with Crippen LogP contribution in [-0.4, -0.2) is 30.2 Å². The summed E-state index contributed by atoms with van der Waals surface area (Å²) in [5, 5.41) is 21.1. The minimum atomic E-state index is -1.20. The van der Waals surface area contributed by atoms with Gasteiger partial charge in [-0.1, -0.05) is 0 Å². The van der Waals surface area contributed by atoms with Crippen molar-refractivity contribution in [2.24, 2.45) is 0 Å². The fourth-order valence-electron chi connectivity index (χ4n) is 1.17. The summed E-state index contributed by atoms with van der Waals surface area (Å²) in [5.74, 6) is -1.57. The number of rotatable bonds is 6. The van der Waals surface area contributed by atoms with Gasteiger partial charge in [0.1, 0.15) is 12.7 Å². The van der Waals surface area contributed by atoms with Crippen LogP contribution in [0.1, 0.15) is 0 Å².